The van der Waals surface area contributed by atoms with Gasteiger partial charge in [-0.3, -0.25) is 10.1 Å². The van der Waals surface area contributed by atoms with Crippen LogP contribution in [0.25, 0.3) is 0 Å². The van der Waals surface area contributed by atoms with Gasteiger partial charge in [0.25, 0.3) is 0 Å². The summed E-state index contributed by atoms with van der Waals surface area (Å²) in [5, 5.41) is 5.02. The molecule has 12 heteroatoms. The molecule has 0 radical (unpaired) electrons. The van der Waals surface area contributed by atoms with Gasteiger partial charge in [0.15, 0.2) is 0 Å². The van der Waals surface area contributed by atoms with E-state index in [-0.39, 0.29) is 49.5 Å². The molecule has 0 atom stereocenters. The van der Waals surface area contributed by atoms with Gasteiger partial charge in [-0.05, 0) is 36.4 Å². The number of nitrogens with zero attached hydrogens (tertiary/aromatic N) is 1. The molecule has 0 aliphatic rings. The molecule has 0 heterocycles. The van der Waals surface area contributed by atoms with Crippen molar-refractivity contribution in [3.05, 3.63) is 46.4 Å². The van der Waals surface area contributed by atoms with E-state index < -0.39 is 15.9 Å². The van der Waals surface area contributed by atoms with Gasteiger partial charge < -0.3 is 15.8 Å². The first-order valence-electron chi connectivity index (χ1n) is 8.41. The molecule has 160 valence electrons. The third kappa shape index (κ3) is 5.62. The second-order valence-electron chi connectivity index (χ2n) is 5.77. The second kappa shape index (κ2) is 9.79. The molecular formula is C18H18Cl2N4O5S. The number of carbonyl (C=O) groups excluding carboxylic acids is 2. The Labute approximate surface area is 183 Å². The summed E-state index contributed by atoms with van der Waals surface area (Å²) in [7, 11) is -2.85. The summed E-state index contributed by atoms with van der Waals surface area (Å²) in [6, 6.07) is 7.77. The van der Waals surface area contributed by atoms with Crippen LogP contribution in [0.1, 0.15) is 13.3 Å². The number of anilines is 1. The lowest BCUT2D eigenvalue weighted by atomic mass is 10.2. The molecule has 2 aromatic rings. The minimum Gasteiger partial charge on any atom is -0.453 e. The average molecular weight is 473 g/mol. The zero-order valence-corrected chi connectivity index (χ0v) is 18.2. The highest BCUT2D eigenvalue weighted by molar-refractivity contribution is 7.91. The maximum absolute atomic E-state index is 13.0. The molecule has 4 N–H and O–H groups in total. The van der Waals surface area contributed by atoms with Crippen LogP contribution in [0.3, 0.4) is 0 Å². The van der Waals surface area contributed by atoms with E-state index in [9.17, 15) is 18.0 Å². The Bertz CT molecular complexity index is 1120. The van der Waals surface area contributed by atoms with Crippen molar-refractivity contribution in [2.45, 2.75) is 23.1 Å². The van der Waals surface area contributed by atoms with Gasteiger partial charge in [0.05, 0.1) is 38.3 Å². The Kier molecular flexibility index (Phi) is 7.65. The number of aliphatic imine (C=N–C) groups is 1. The molecule has 0 aliphatic heterocycles. The Morgan fingerprint density at radius 2 is 1.73 bits per heavy atom. The smallest absolute Gasteiger partial charge is 0.413 e. The van der Waals surface area contributed by atoms with Crippen molar-refractivity contribution in [1.29, 1.82) is 0 Å². The van der Waals surface area contributed by atoms with Gasteiger partial charge in [0, 0.05) is 6.42 Å². The fourth-order valence-electron chi connectivity index (χ4n) is 2.21. The van der Waals surface area contributed by atoms with E-state index in [0.717, 1.165) is 7.11 Å². The molecule has 0 aliphatic carbocycles. The normalized spacial score (nSPS) is 11.7. The van der Waals surface area contributed by atoms with Gasteiger partial charge in [-0.1, -0.05) is 30.1 Å². The van der Waals surface area contributed by atoms with Crippen molar-refractivity contribution in [3.63, 3.8) is 0 Å². The summed E-state index contributed by atoms with van der Waals surface area (Å²) < 4.78 is 30.4. The van der Waals surface area contributed by atoms with Gasteiger partial charge in [-0.25, -0.2) is 18.2 Å². The van der Waals surface area contributed by atoms with Gasteiger partial charge in [0.2, 0.25) is 21.7 Å². The summed E-state index contributed by atoms with van der Waals surface area (Å²) in [6.07, 6.45) is -0.683. The van der Waals surface area contributed by atoms with Crippen LogP contribution in [-0.4, -0.2) is 33.5 Å². The standard InChI is InChI=1S/C18H18Cl2N4O5S/c1-3-16(25)22-14-7-5-11(9-15(14)23-17(21)24-18(26)29-2)30(27,28)10-4-6-12(19)13(20)8-10/h4-9H,3H2,1-2H3,(H,22,25)(H3,21,23,24,26). The number of sulfone groups is 1. The van der Waals surface area contributed by atoms with E-state index in [1.165, 1.54) is 36.4 Å². The average Bonchev–Trinajstić information content (AvgIpc) is 2.70. The minimum atomic E-state index is -3.99. The zero-order chi connectivity index (χ0) is 22.5. The summed E-state index contributed by atoms with van der Waals surface area (Å²) in [4.78, 5) is 26.9. The lowest BCUT2D eigenvalue weighted by molar-refractivity contribution is -0.115. The van der Waals surface area contributed by atoms with E-state index in [1.54, 1.807) is 6.92 Å². The molecule has 0 saturated heterocycles. The van der Waals surface area contributed by atoms with E-state index >= 15 is 0 Å². The molecule has 30 heavy (non-hydrogen) atoms. The molecule has 2 aromatic carbocycles. The highest BCUT2D eigenvalue weighted by Gasteiger charge is 2.21. The number of rotatable bonds is 5. The molecule has 2 amide bonds. The predicted molar refractivity (Wildman–Crippen MR) is 114 cm³/mol. The maximum Gasteiger partial charge on any atom is 0.413 e. The third-order valence-corrected chi connectivity index (χ3v) is 6.22. The first-order chi connectivity index (χ1) is 14.1. The number of nitrogens with one attached hydrogen (secondary N) is 2. The van der Waals surface area contributed by atoms with Crippen LogP contribution in [0.5, 0.6) is 0 Å². The second-order valence-corrected chi connectivity index (χ2v) is 8.54. The van der Waals surface area contributed by atoms with Crippen LogP contribution in [0.4, 0.5) is 16.2 Å². The van der Waals surface area contributed by atoms with Crippen molar-refractivity contribution >= 4 is 62.4 Å². The highest BCUT2D eigenvalue weighted by Crippen LogP contribution is 2.33. The van der Waals surface area contributed by atoms with E-state index in [1.807, 2.05) is 0 Å². The summed E-state index contributed by atoms with van der Waals surface area (Å²) >= 11 is 11.8. The molecule has 0 spiro atoms. The fraction of sp³-hybridized carbons (Fsp3) is 0.167. The summed E-state index contributed by atoms with van der Waals surface area (Å²) in [5.41, 5.74) is 5.87. The SMILES string of the molecule is CCC(=O)Nc1ccc(S(=O)(=O)c2ccc(Cl)c(Cl)c2)cc1N=C(N)NC(=O)OC. The lowest BCUT2D eigenvalue weighted by Crippen LogP contribution is -2.36. The molecule has 0 fully saturated rings. The van der Waals surface area contributed by atoms with Crippen LogP contribution in [0, 0.1) is 0 Å². The minimum absolute atomic E-state index is 0.00633. The van der Waals surface area contributed by atoms with Gasteiger partial charge in [-0.15, -0.1) is 0 Å². The molecule has 0 saturated carbocycles. The Morgan fingerprint density at radius 1 is 1.10 bits per heavy atom. The molecule has 9 nitrogen and oxygen atoms in total. The third-order valence-electron chi connectivity index (χ3n) is 3.73. The monoisotopic (exact) mass is 472 g/mol. The van der Waals surface area contributed by atoms with Gasteiger partial charge >= 0.3 is 6.09 Å². The molecular weight excluding hydrogens is 455 g/mol. The number of methoxy groups -OCH3 is 1. The van der Waals surface area contributed by atoms with Crippen molar-refractivity contribution in [3.8, 4) is 0 Å². The highest BCUT2D eigenvalue weighted by atomic mass is 35.5. The molecule has 2 rings (SSSR count). The van der Waals surface area contributed by atoms with Crippen molar-refractivity contribution < 1.29 is 22.7 Å². The molecule has 0 unspecified atom stereocenters. The summed E-state index contributed by atoms with van der Waals surface area (Å²) in [5.74, 6) is -0.691. The first-order valence-corrected chi connectivity index (χ1v) is 10.7. The van der Waals surface area contributed by atoms with Crippen LogP contribution < -0.4 is 16.4 Å². The molecule has 0 aromatic heterocycles. The van der Waals surface area contributed by atoms with Crippen LogP contribution in [0.2, 0.25) is 10.0 Å². The quantitative estimate of drug-likeness (QED) is 0.449. The number of guanidine groups is 1. The number of amides is 2. The number of carbonyl (C=O) groups is 2. The van der Waals surface area contributed by atoms with Crippen molar-refractivity contribution in [2.75, 3.05) is 12.4 Å². The van der Waals surface area contributed by atoms with Crippen LogP contribution >= 0.6 is 23.2 Å². The Hall–Kier alpha value is -2.82. The number of alkyl carbamates (subject to hydrolysis) is 1. The zero-order valence-electron chi connectivity index (χ0n) is 15.9. The van der Waals surface area contributed by atoms with Crippen molar-refractivity contribution in [1.82, 2.24) is 5.32 Å². The Morgan fingerprint density at radius 3 is 2.33 bits per heavy atom. The Balaban J connectivity index is 2.56. The maximum atomic E-state index is 13.0. The lowest BCUT2D eigenvalue weighted by Gasteiger charge is -2.12. The topological polar surface area (TPSA) is 140 Å². The fourth-order valence-corrected chi connectivity index (χ4v) is 3.88. The van der Waals surface area contributed by atoms with Gasteiger partial charge in [-0.2, -0.15) is 0 Å². The van der Waals surface area contributed by atoms with Gasteiger partial charge in [0.1, 0.15) is 0 Å². The van der Waals surface area contributed by atoms with Crippen molar-refractivity contribution in [2.24, 2.45) is 10.7 Å². The number of benzene rings is 2. The van der Waals surface area contributed by atoms with E-state index in [4.69, 9.17) is 28.9 Å². The predicted octanol–water partition coefficient (Wildman–Crippen LogP) is 3.48. The van der Waals surface area contributed by atoms with E-state index in [2.05, 4.69) is 20.4 Å². The number of hydrogen-bond donors (Lipinski definition) is 3. The number of halogens is 2. The largest absolute Gasteiger partial charge is 0.453 e. The number of ether oxygens (including phenoxy) is 1. The van der Waals surface area contributed by atoms with E-state index in [0.29, 0.717) is 0 Å². The van der Waals surface area contributed by atoms with Crippen LogP contribution in [-0.2, 0) is 19.4 Å². The van der Waals surface area contributed by atoms with Crippen LogP contribution in [0.15, 0.2) is 51.2 Å². The number of hydrogen-bond acceptors (Lipinski definition) is 6. The first kappa shape index (κ1) is 23.5. The summed E-state index contributed by atoms with van der Waals surface area (Å²) in [6.45, 7) is 1.65. The number of nitrogens with two attached hydrogens (primary N) is 1. The molecule has 0 bridgehead atoms.